The number of benzene rings is 1. The second-order valence-corrected chi connectivity index (χ2v) is 6.79. The summed E-state index contributed by atoms with van der Waals surface area (Å²) >= 11 is 0. The van der Waals surface area contributed by atoms with E-state index in [4.69, 9.17) is 9.47 Å². The van der Waals surface area contributed by atoms with Crippen LogP contribution in [0.5, 0.6) is 11.5 Å². The average molecular weight is 317 g/mol. The fourth-order valence-corrected chi connectivity index (χ4v) is 3.57. The lowest BCUT2D eigenvalue weighted by atomic mass is 10.0. The highest BCUT2D eigenvalue weighted by atomic mass is 16.5. The fraction of sp³-hybridized carbons (Fsp3) is 0.632. The van der Waals surface area contributed by atoms with Gasteiger partial charge in [-0.3, -0.25) is 4.79 Å². The number of methoxy groups -OCH3 is 2. The van der Waals surface area contributed by atoms with Crippen molar-refractivity contribution in [1.29, 1.82) is 0 Å². The average Bonchev–Trinajstić information content (AvgIpc) is 3.29. The van der Waals surface area contributed by atoms with E-state index in [1.807, 2.05) is 18.2 Å². The van der Waals surface area contributed by atoms with Gasteiger partial charge < -0.3 is 14.4 Å². The maximum Gasteiger partial charge on any atom is 0.223 e. The minimum atomic E-state index is 0.310. The molecule has 0 radical (unpaired) electrons. The van der Waals surface area contributed by atoms with E-state index in [0.29, 0.717) is 30.8 Å². The summed E-state index contributed by atoms with van der Waals surface area (Å²) in [4.78, 5) is 14.9. The maximum absolute atomic E-state index is 12.8. The summed E-state index contributed by atoms with van der Waals surface area (Å²) in [6.07, 6.45) is 7.96. The highest BCUT2D eigenvalue weighted by molar-refractivity contribution is 5.77. The molecule has 4 heteroatoms. The summed E-state index contributed by atoms with van der Waals surface area (Å²) in [6, 6.07) is 6.21. The topological polar surface area (TPSA) is 38.8 Å². The molecular weight excluding hydrogens is 290 g/mol. The van der Waals surface area contributed by atoms with E-state index in [1.165, 1.54) is 25.7 Å². The lowest BCUT2D eigenvalue weighted by Crippen LogP contribution is -2.33. The van der Waals surface area contributed by atoms with Gasteiger partial charge in [-0.05, 0) is 49.8 Å². The van der Waals surface area contributed by atoms with Gasteiger partial charge in [-0.25, -0.2) is 0 Å². The molecule has 1 aromatic rings. The van der Waals surface area contributed by atoms with Gasteiger partial charge in [0.25, 0.3) is 0 Å². The van der Waals surface area contributed by atoms with Gasteiger partial charge in [0.05, 0.1) is 14.2 Å². The minimum Gasteiger partial charge on any atom is -0.497 e. The number of ether oxygens (including phenoxy) is 2. The molecule has 0 bridgehead atoms. The van der Waals surface area contributed by atoms with Gasteiger partial charge in [0.15, 0.2) is 0 Å². The van der Waals surface area contributed by atoms with Crippen LogP contribution in [-0.4, -0.2) is 31.1 Å². The van der Waals surface area contributed by atoms with Crippen LogP contribution in [0.1, 0.15) is 50.5 Å². The highest BCUT2D eigenvalue weighted by Crippen LogP contribution is 2.34. The van der Waals surface area contributed by atoms with E-state index in [2.05, 4.69) is 4.90 Å². The first-order valence-corrected chi connectivity index (χ1v) is 8.71. The largest absolute Gasteiger partial charge is 0.497 e. The Hall–Kier alpha value is -1.71. The zero-order chi connectivity index (χ0) is 16.2. The van der Waals surface area contributed by atoms with Gasteiger partial charge in [0.1, 0.15) is 11.5 Å². The number of carbonyl (C=O) groups is 1. The van der Waals surface area contributed by atoms with E-state index in [0.717, 1.165) is 29.9 Å². The molecule has 4 nitrogen and oxygen atoms in total. The molecule has 0 saturated heterocycles. The molecule has 0 aliphatic heterocycles. The lowest BCUT2D eigenvalue weighted by molar-refractivity contribution is -0.133. The van der Waals surface area contributed by atoms with Crippen LogP contribution in [0.4, 0.5) is 0 Å². The van der Waals surface area contributed by atoms with E-state index >= 15 is 0 Å². The molecule has 0 spiro atoms. The second-order valence-electron chi connectivity index (χ2n) is 6.79. The molecule has 126 valence electrons. The Morgan fingerprint density at radius 2 is 1.87 bits per heavy atom. The zero-order valence-corrected chi connectivity index (χ0v) is 14.2. The predicted molar refractivity (Wildman–Crippen MR) is 89.7 cm³/mol. The Balaban J connectivity index is 1.72. The molecular formula is C19H27NO3. The first kappa shape index (κ1) is 16.2. The molecule has 2 aliphatic carbocycles. The van der Waals surface area contributed by atoms with Crippen molar-refractivity contribution < 1.29 is 14.3 Å². The van der Waals surface area contributed by atoms with E-state index in [9.17, 15) is 4.79 Å². The standard InChI is InChI=1S/C19H27NO3/c1-22-17-9-10-18(23-2)15(12-17)13-20(16-7-8-16)19(21)11-14-5-3-4-6-14/h9-10,12,14,16H,3-8,11,13H2,1-2H3. The molecule has 2 saturated carbocycles. The molecule has 0 heterocycles. The molecule has 2 aliphatic rings. The van der Waals surface area contributed by atoms with E-state index in [1.54, 1.807) is 14.2 Å². The summed E-state index contributed by atoms with van der Waals surface area (Å²) in [5.74, 6) is 2.53. The van der Waals surface area contributed by atoms with Crippen molar-refractivity contribution in [3.8, 4) is 11.5 Å². The van der Waals surface area contributed by atoms with Crippen molar-refractivity contribution in [2.45, 2.75) is 57.5 Å². The van der Waals surface area contributed by atoms with Gasteiger partial charge in [-0.2, -0.15) is 0 Å². The van der Waals surface area contributed by atoms with Crippen molar-refractivity contribution in [3.63, 3.8) is 0 Å². The number of hydrogen-bond donors (Lipinski definition) is 0. The van der Waals surface area contributed by atoms with Gasteiger partial charge >= 0.3 is 0 Å². The summed E-state index contributed by atoms with van der Waals surface area (Å²) in [5.41, 5.74) is 1.03. The summed E-state index contributed by atoms with van der Waals surface area (Å²) in [6.45, 7) is 0.622. The monoisotopic (exact) mass is 317 g/mol. The van der Waals surface area contributed by atoms with Crippen LogP contribution >= 0.6 is 0 Å². The van der Waals surface area contributed by atoms with Crippen LogP contribution in [0.15, 0.2) is 18.2 Å². The zero-order valence-electron chi connectivity index (χ0n) is 14.2. The Morgan fingerprint density at radius 1 is 1.13 bits per heavy atom. The molecule has 0 unspecified atom stereocenters. The van der Waals surface area contributed by atoms with Gasteiger partial charge in [0, 0.05) is 24.6 Å². The van der Waals surface area contributed by atoms with Crippen LogP contribution in [0.2, 0.25) is 0 Å². The lowest BCUT2D eigenvalue weighted by Gasteiger charge is -2.25. The number of carbonyl (C=O) groups excluding carboxylic acids is 1. The third-order valence-corrected chi connectivity index (χ3v) is 5.07. The van der Waals surface area contributed by atoms with Crippen LogP contribution in [-0.2, 0) is 11.3 Å². The van der Waals surface area contributed by atoms with Crippen molar-refractivity contribution in [2.75, 3.05) is 14.2 Å². The molecule has 0 aromatic heterocycles. The number of nitrogens with zero attached hydrogens (tertiary/aromatic N) is 1. The summed E-state index contributed by atoms with van der Waals surface area (Å²) in [5, 5.41) is 0. The first-order chi connectivity index (χ1) is 11.2. The molecule has 3 rings (SSSR count). The van der Waals surface area contributed by atoms with Gasteiger partial charge in [-0.1, -0.05) is 12.8 Å². The number of rotatable bonds is 7. The minimum absolute atomic E-state index is 0.310. The molecule has 2 fully saturated rings. The van der Waals surface area contributed by atoms with Crippen molar-refractivity contribution >= 4 is 5.91 Å². The van der Waals surface area contributed by atoms with E-state index in [-0.39, 0.29) is 0 Å². The second kappa shape index (κ2) is 7.24. The third kappa shape index (κ3) is 3.98. The summed E-state index contributed by atoms with van der Waals surface area (Å²) < 4.78 is 10.8. The molecule has 0 atom stereocenters. The SMILES string of the molecule is COc1ccc(OC)c(CN(C(=O)CC2CCCC2)C2CC2)c1. The van der Waals surface area contributed by atoms with Crippen LogP contribution in [0.3, 0.4) is 0 Å². The number of amides is 1. The Kier molecular flexibility index (Phi) is 5.09. The summed E-state index contributed by atoms with van der Waals surface area (Å²) in [7, 11) is 3.34. The van der Waals surface area contributed by atoms with Crippen LogP contribution in [0, 0.1) is 5.92 Å². The highest BCUT2D eigenvalue weighted by Gasteiger charge is 2.34. The third-order valence-electron chi connectivity index (χ3n) is 5.07. The fourth-order valence-electron chi connectivity index (χ4n) is 3.57. The smallest absolute Gasteiger partial charge is 0.223 e. The van der Waals surface area contributed by atoms with Crippen LogP contribution < -0.4 is 9.47 Å². The quantitative estimate of drug-likeness (QED) is 0.768. The Bertz CT molecular complexity index is 548. The van der Waals surface area contributed by atoms with Gasteiger partial charge in [0.2, 0.25) is 5.91 Å². The first-order valence-electron chi connectivity index (χ1n) is 8.71. The molecule has 1 amide bonds. The normalized spacial score (nSPS) is 18.0. The predicted octanol–water partition coefficient (Wildman–Crippen LogP) is 3.78. The van der Waals surface area contributed by atoms with E-state index < -0.39 is 0 Å². The van der Waals surface area contributed by atoms with Crippen molar-refractivity contribution in [2.24, 2.45) is 5.92 Å². The Labute approximate surface area is 138 Å². The Morgan fingerprint density at radius 3 is 2.48 bits per heavy atom. The van der Waals surface area contributed by atoms with Gasteiger partial charge in [-0.15, -0.1) is 0 Å². The van der Waals surface area contributed by atoms with Crippen molar-refractivity contribution in [1.82, 2.24) is 4.90 Å². The number of hydrogen-bond acceptors (Lipinski definition) is 3. The van der Waals surface area contributed by atoms with Crippen molar-refractivity contribution in [3.05, 3.63) is 23.8 Å². The van der Waals surface area contributed by atoms with Crippen LogP contribution in [0.25, 0.3) is 0 Å². The molecule has 1 aromatic carbocycles. The molecule has 23 heavy (non-hydrogen) atoms. The maximum atomic E-state index is 12.8. The molecule has 0 N–H and O–H groups in total.